The highest BCUT2D eigenvalue weighted by Crippen LogP contribution is 2.38. The molecular weight excluding hydrogens is 345 g/mol. The molecule has 0 amide bonds. The highest BCUT2D eigenvalue weighted by Gasteiger charge is 2.46. The number of aromatic nitrogens is 2. The van der Waals surface area contributed by atoms with Gasteiger partial charge in [-0.15, -0.1) is 0 Å². The lowest BCUT2D eigenvalue weighted by molar-refractivity contribution is -0.169. The molecule has 0 aliphatic heterocycles. The van der Waals surface area contributed by atoms with Gasteiger partial charge in [-0.05, 0) is 0 Å². The molecule has 13 heteroatoms. The van der Waals surface area contributed by atoms with Crippen molar-refractivity contribution in [3.63, 3.8) is 0 Å². The first-order chi connectivity index (χ1) is 10.6. The van der Waals surface area contributed by atoms with Crippen molar-refractivity contribution in [1.29, 1.82) is 0 Å². The number of nitrogens with zero attached hydrogens (tertiary/aromatic N) is 1. The molecule has 1 aromatic heterocycles. The standard InChI is InChI=1S/C10H15F2N2O8P/c1-21-10(4-11,5-22-23(18,19)20)7(16)8(12)14-3-2-6(15)13-9(14)17/h2-3,7-8,16H,4-5H2,1H3,(H,13,15,17)(H2,18,19,20)/t7-,8-,10?/m0/s1. The van der Waals surface area contributed by atoms with E-state index in [0.717, 1.165) is 19.4 Å². The normalized spacial score (nSPS) is 17.5. The minimum atomic E-state index is -5.04. The molecule has 1 unspecified atom stereocenters. The van der Waals surface area contributed by atoms with Gasteiger partial charge in [0.15, 0.2) is 5.60 Å². The van der Waals surface area contributed by atoms with E-state index in [-0.39, 0.29) is 4.57 Å². The number of phosphoric acid groups is 1. The van der Waals surface area contributed by atoms with Gasteiger partial charge in [0.2, 0.25) is 6.30 Å². The second-order valence-corrected chi connectivity index (χ2v) is 5.74. The zero-order chi connectivity index (χ0) is 17.8. The lowest BCUT2D eigenvalue weighted by Gasteiger charge is -2.35. The molecule has 0 saturated heterocycles. The summed E-state index contributed by atoms with van der Waals surface area (Å²) in [5.74, 6) is 0. The van der Waals surface area contributed by atoms with E-state index in [9.17, 15) is 28.0 Å². The van der Waals surface area contributed by atoms with E-state index in [2.05, 4.69) is 9.26 Å². The van der Waals surface area contributed by atoms with Gasteiger partial charge in [0, 0.05) is 19.4 Å². The fourth-order valence-corrected chi connectivity index (χ4v) is 2.04. The Labute approximate surface area is 127 Å². The van der Waals surface area contributed by atoms with Gasteiger partial charge >= 0.3 is 13.5 Å². The average Bonchev–Trinajstić information content (AvgIpc) is 2.47. The molecule has 0 saturated carbocycles. The van der Waals surface area contributed by atoms with Gasteiger partial charge in [-0.1, -0.05) is 0 Å². The van der Waals surface area contributed by atoms with Crippen LogP contribution in [0.2, 0.25) is 0 Å². The van der Waals surface area contributed by atoms with Gasteiger partial charge in [-0.3, -0.25) is 18.9 Å². The summed E-state index contributed by atoms with van der Waals surface area (Å²) in [5, 5.41) is 9.95. The predicted octanol–water partition coefficient (Wildman–Crippen LogP) is -1.17. The summed E-state index contributed by atoms with van der Waals surface area (Å²) in [4.78, 5) is 41.4. The molecule has 3 atom stereocenters. The molecular formula is C10H15F2N2O8P. The van der Waals surface area contributed by atoms with Crippen LogP contribution < -0.4 is 11.2 Å². The van der Waals surface area contributed by atoms with Crippen molar-refractivity contribution in [3.05, 3.63) is 33.1 Å². The number of phosphoric ester groups is 1. The van der Waals surface area contributed by atoms with Crippen molar-refractivity contribution in [2.45, 2.75) is 18.0 Å². The Balaban J connectivity index is 3.13. The number of aliphatic hydroxyl groups is 1. The third-order valence-corrected chi connectivity index (χ3v) is 3.49. The molecule has 0 radical (unpaired) electrons. The van der Waals surface area contributed by atoms with Crippen LogP contribution in [-0.4, -0.2) is 56.5 Å². The number of hydrogen-bond donors (Lipinski definition) is 4. The topological polar surface area (TPSA) is 151 Å². The SMILES string of the molecule is COC(CF)(COP(=O)(O)O)[C@@H](O)[C@@H](F)n1ccc(=O)[nH]c1=O. The van der Waals surface area contributed by atoms with E-state index in [1.165, 1.54) is 0 Å². The Bertz CT molecular complexity index is 682. The molecule has 23 heavy (non-hydrogen) atoms. The minimum Gasteiger partial charge on any atom is -0.385 e. The Morgan fingerprint density at radius 2 is 2.09 bits per heavy atom. The quantitative estimate of drug-likeness (QED) is 0.423. The number of H-pyrrole nitrogens is 1. The maximum Gasteiger partial charge on any atom is 0.469 e. The minimum absolute atomic E-state index is 0.257. The molecule has 0 fully saturated rings. The third kappa shape index (κ3) is 4.77. The number of aliphatic hydroxyl groups excluding tert-OH is 1. The highest BCUT2D eigenvalue weighted by molar-refractivity contribution is 7.46. The Kier molecular flexibility index (Phi) is 6.33. The molecule has 0 aliphatic carbocycles. The van der Waals surface area contributed by atoms with E-state index in [4.69, 9.17) is 9.79 Å². The lowest BCUT2D eigenvalue weighted by Crippen LogP contribution is -2.54. The zero-order valence-electron chi connectivity index (χ0n) is 11.8. The number of methoxy groups -OCH3 is 1. The number of ether oxygens (including phenoxy) is 1. The average molecular weight is 360 g/mol. The van der Waals surface area contributed by atoms with Crippen LogP contribution in [0.15, 0.2) is 21.9 Å². The number of nitrogens with one attached hydrogen (secondary N) is 1. The van der Waals surface area contributed by atoms with Crippen molar-refractivity contribution >= 4 is 7.82 Å². The molecule has 0 spiro atoms. The summed E-state index contributed by atoms with van der Waals surface area (Å²) in [6, 6.07) is 0.788. The Hall–Kier alpha value is -1.43. The van der Waals surface area contributed by atoms with Gasteiger partial charge in [0.05, 0.1) is 6.61 Å². The molecule has 0 aromatic carbocycles. The van der Waals surface area contributed by atoms with Gasteiger partial charge in [0.1, 0.15) is 12.8 Å². The molecule has 0 aliphatic rings. The lowest BCUT2D eigenvalue weighted by atomic mass is 9.98. The van der Waals surface area contributed by atoms with E-state index in [1.807, 2.05) is 0 Å². The molecule has 1 aromatic rings. The molecule has 4 N–H and O–H groups in total. The summed E-state index contributed by atoms with van der Waals surface area (Å²) >= 11 is 0. The van der Waals surface area contributed by atoms with Crippen molar-refractivity contribution in [1.82, 2.24) is 9.55 Å². The van der Waals surface area contributed by atoms with E-state index >= 15 is 0 Å². The molecule has 132 valence electrons. The van der Waals surface area contributed by atoms with E-state index in [0.29, 0.717) is 0 Å². The van der Waals surface area contributed by atoms with Crippen molar-refractivity contribution in [2.24, 2.45) is 0 Å². The number of rotatable bonds is 8. The van der Waals surface area contributed by atoms with E-state index in [1.54, 1.807) is 4.98 Å². The van der Waals surface area contributed by atoms with Gasteiger partial charge in [-0.2, -0.15) is 0 Å². The zero-order valence-corrected chi connectivity index (χ0v) is 12.7. The summed E-state index contributed by atoms with van der Waals surface area (Å²) in [6.45, 7) is -2.77. The van der Waals surface area contributed by atoms with Gasteiger partial charge < -0.3 is 19.6 Å². The number of alkyl halides is 2. The largest absolute Gasteiger partial charge is 0.469 e. The van der Waals surface area contributed by atoms with Gasteiger partial charge in [-0.25, -0.2) is 18.1 Å². The number of hydrogen-bond acceptors (Lipinski definition) is 6. The predicted molar refractivity (Wildman–Crippen MR) is 71.2 cm³/mol. The molecule has 1 rings (SSSR count). The van der Waals surface area contributed by atoms with Crippen LogP contribution in [0.5, 0.6) is 0 Å². The molecule has 10 nitrogen and oxygen atoms in total. The molecule has 1 heterocycles. The maximum absolute atomic E-state index is 14.3. The van der Waals surface area contributed by atoms with Crippen molar-refractivity contribution < 1.29 is 37.5 Å². The fraction of sp³-hybridized carbons (Fsp3) is 0.600. The van der Waals surface area contributed by atoms with Crippen molar-refractivity contribution in [2.75, 3.05) is 20.4 Å². The summed E-state index contributed by atoms with van der Waals surface area (Å²) in [5.41, 5.74) is -4.53. The van der Waals surface area contributed by atoms with Crippen LogP contribution in [0, 0.1) is 0 Å². The van der Waals surface area contributed by atoms with Crippen LogP contribution in [0.1, 0.15) is 6.30 Å². The van der Waals surface area contributed by atoms with Crippen LogP contribution in [0.25, 0.3) is 0 Å². The van der Waals surface area contributed by atoms with Crippen molar-refractivity contribution in [3.8, 4) is 0 Å². The number of aromatic amines is 1. The van der Waals surface area contributed by atoms with Gasteiger partial charge in [0.25, 0.3) is 5.56 Å². The Morgan fingerprint density at radius 1 is 1.48 bits per heavy atom. The second-order valence-electron chi connectivity index (χ2n) is 4.50. The van der Waals surface area contributed by atoms with Crippen LogP contribution >= 0.6 is 7.82 Å². The third-order valence-electron chi connectivity index (χ3n) is 3.03. The monoisotopic (exact) mass is 360 g/mol. The first kappa shape index (κ1) is 19.6. The summed E-state index contributed by atoms with van der Waals surface area (Å²) < 4.78 is 47.2. The first-order valence-corrected chi connectivity index (χ1v) is 7.54. The number of halogens is 2. The second kappa shape index (κ2) is 7.43. The van der Waals surface area contributed by atoms with Crippen LogP contribution in [0.4, 0.5) is 8.78 Å². The van der Waals surface area contributed by atoms with Crippen LogP contribution in [-0.2, 0) is 13.8 Å². The fourth-order valence-electron chi connectivity index (χ4n) is 1.65. The van der Waals surface area contributed by atoms with Crippen LogP contribution in [0.3, 0.4) is 0 Å². The van der Waals surface area contributed by atoms with E-state index < -0.39 is 50.4 Å². The highest BCUT2D eigenvalue weighted by atomic mass is 31.2. The molecule has 0 bridgehead atoms. The summed E-state index contributed by atoms with van der Waals surface area (Å²) in [6.07, 6.45) is -4.25. The smallest absolute Gasteiger partial charge is 0.385 e. The Morgan fingerprint density at radius 3 is 2.52 bits per heavy atom. The first-order valence-electron chi connectivity index (χ1n) is 6.01. The summed E-state index contributed by atoms with van der Waals surface area (Å²) in [7, 11) is -4.19. The maximum atomic E-state index is 14.3.